The number of aryl methyl sites for hydroxylation is 1. The van der Waals surface area contributed by atoms with Gasteiger partial charge in [0.05, 0.1) is 6.61 Å². The summed E-state index contributed by atoms with van der Waals surface area (Å²) >= 11 is 2.25. The molecular weight excluding hydrogens is 277 g/mol. The van der Waals surface area contributed by atoms with Crippen LogP contribution in [0.2, 0.25) is 0 Å². The number of pyridine rings is 1. The quantitative estimate of drug-likeness (QED) is 0.628. The number of nitrogens with zero attached hydrogens (tertiary/aromatic N) is 1. The minimum Gasteiger partial charge on any atom is -0.477 e. The molecule has 0 N–H and O–H groups in total. The van der Waals surface area contributed by atoms with E-state index in [0.717, 1.165) is 34.5 Å². The van der Waals surface area contributed by atoms with E-state index in [9.17, 15) is 0 Å². The maximum Gasteiger partial charge on any atom is 0.216 e. The summed E-state index contributed by atoms with van der Waals surface area (Å²) in [5.74, 6) is 0.772. The van der Waals surface area contributed by atoms with E-state index in [4.69, 9.17) is 4.74 Å². The van der Waals surface area contributed by atoms with Gasteiger partial charge in [0, 0.05) is 15.3 Å². The molecule has 1 rings (SSSR count). The highest BCUT2D eigenvalue weighted by Crippen LogP contribution is 2.16. The van der Waals surface area contributed by atoms with Gasteiger partial charge in [-0.25, -0.2) is 4.98 Å². The van der Waals surface area contributed by atoms with Crippen molar-refractivity contribution in [1.29, 1.82) is 0 Å². The topological polar surface area (TPSA) is 22.1 Å². The molecule has 0 unspecified atom stereocenters. The summed E-state index contributed by atoms with van der Waals surface area (Å²) in [4.78, 5) is 4.22. The SMILES string of the molecule is CCCCOc1ncc(I)cc1C. The lowest BCUT2D eigenvalue weighted by molar-refractivity contribution is 0.295. The van der Waals surface area contributed by atoms with Gasteiger partial charge in [0.15, 0.2) is 0 Å². The molecule has 1 aromatic rings. The Morgan fingerprint density at radius 1 is 1.54 bits per heavy atom. The molecule has 0 radical (unpaired) electrons. The predicted octanol–water partition coefficient (Wildman–Crippen LogP) is 3.17. The van der Waals surface area contributed by atoms with Crippen LogP contribution < -0.4 is 4.74 Å². The highest BCUT2D eigenvalue weighted by Gasteiger charge is 2.00. The van der Waals surface area contributed by atoms with Crippen molar-refractivity contribution in [2.75, 3.05) is 6.61 Å². The van der Waals surface area contributed by atoms with Crippen LogP contribution in [0.3, 0.4) is 0 Å². The van der Waals surface area contributed by atoms with Crippen molar-refractivity contribution in [3.05, 3.63) is 21.4 Å². The van der Waals surface area contributed by atoms with Crippen LogP contribution in [0, 0.1) is 10.5 Å². The van der Waals surface area contributed by atoms with Crippen molar-refractivity contribution >= 4 is 22.6 Å². The van der Waals surface area contributed by atoms with Crippen LogP contribution in [0.1, 0.15) is 25.3 Å². The molecule has 0 aliphatic carbocycles. The fraction of sp³-hybridized carbons (Fsp3) is 0.500. The molecule has 2 nitrogen and oxygen atoms in total. The molecule has 0 aromatic carbocycles. The largest absolute Gasteiger partial charge is 0.477 e. The number of rotatable bonds is 4. The lowest BCUT2D eigenvalue weighted by atomic mass is 10.3. The third-order valence-electron chi connectivity index (χ3n) is 1.73. The van der Waals surface area contributed by atoms with Crippen LogP contribution >= 0.6 is 22.6 Å². The Labute approximate surface area is 92.9 Å². The molecule has 0 bridgehead atoms. The number of halogens is 1. The first-order valence-electron chi connectivity index (χ1n) is 4.49. The van der Waals surface area contributed by atoms with Crippen molar-refractivity contribution in [3.63, 3.8) is 0 Å². The van der Waals surface area contributed by atoms with Gasteiger partial charge in [-0.2, -0.15) is 0 Å². The van der Waals surface area contributed by atoms with Crippen LogP contribution in [-0.4, -0.2) is 11.6 Å². The van der Waals surface area contributed by atoms with Crippen LogP contribution in [0.15, 0.2) is 12.3 Å². The minimum atomic E-state index is 0.769. The Kier molecular flexibility index (Phi) is 4.48. The van der Waals surface area contributed by atoms with E-state index in [1.165, 1.54) is 0 Å². The number of hydrogen-bond donors (Lipinski definition) is 0. The summed E-state index contributed by atoms with van der Waals surface area (Å²) in [7, 11) is 0. The second-order valence-corrected chi connectivity index (χ2v) is 4.22. The number of aromatic nitrogens is 1. The van der Waals surface area contributed by atoms with Gasteiger partial charge in [-0.05, 0) is 42.0 Å². The van der Waals surface area contributed by atoms with Gasteiger partial charge in [0.1, 0.15) is 0 Å². The normalized spacial score (nSPS) is 10.1. The average Bonchev–Trinajstić information content (AvgIpc) is 2.09. The lowest BCUT2D eigenvalue weighted by Gasteiger charge is -2.06. The highest BCUT2D eigenvalue weighted by atomic mass is 127. The Morgan fingerprint density at radius 2 is 2.31 bits per heavy atom. The number of ether oxygens (including phenoxy) is 1. The fourth-order valence-corrected chi connectivity index (χ4v) is 1.60. The lowest BCUT2D eigenvalue weighted by Crippen LogP contribution is -2.00. The summed E-state index contributed by atoms with van der Waals surface area (Å²) in [6.07, 6.45) is 4.07. The summed E-state index contributed by atoms with van der Waals surface area (Å²) in [5, 5.41) is 0. The Morgan fingerprint density at radius 3 is 2.92 bits per heavy atom. The number of hydrogen-bond acceptors (Lipinski definition) is 2. The molecule has 0 atom stereocenters. The van der Waals surface area contributed by atoms with Crippen molar-refractivity contribution in [2.45, 2.75) is 26.7 Å². The maximum atomic E-state index is 5.52. The fourth-order valence-electron chi connectivity index (χ4n) is 0.992. The summed E-state index contributed by atoms with van der Waals surface area (Å²) in [6, 6.07) is 2.08. The zero-order valence-electron chi connectivity index (χ0n) is 8.01. The second-order valence-electron chi connectivity index (χ2n) is 2.98. The smallest absolute Gasteiger partial charge is 0.216 e. The highest BCUT2D eigenvalue weighted by molar-refractivity contribution is 14.1. The van der Waals surface area contributed by atoms with Crippen molar-refractivity contribution < 1.29 is 4.74 Å². The zero-order valence-corrected chi connectivity index (χ0v) is 10.2. The molecule has 0 aliphatic heterocycles. The third-order valence-corrected chi connectivity index (χ3v) is 2.32. The Balaban J connectivity index is 2.56. The van der Waals surface area contributed by atoms with E-state index < -0.39 is 0 Å². The Hall–Kier alpha value is -0.320. The molecule has 1 aromatic heterocycles. The van der Waals surface area contributed by atoms with Crippen molar-refractivity contribution in [3.8, 4) is 5.88 Å². The van der Waals surface area contributed by atoms with E-state index in [0.29, 0.717) is 0 Å². The molecule has 1 heterocycles. The van der Waals surface area contributed by atoms with Gasteiger partial charge < -0.3 is 4.74 Å². The van der Waals surface area contributed by atoms with Crippen LogP contribution in [0.4, 0.5) is 0 Å². The molecule has 0 fully saturated rings. The predicted molar refractivity (Wildman–Crippen MR) is 62.1 cm³/mol. The van der Waals surface area contributed by atoms with Crippen LogP contribution in [-0.2, 0) is 0 Å². The molecule has 0 saturated carbocycles. The van der Waals surface area contributed by atoms with Gasteiger partial charge in [0.25, 0.3) is 0 Å². The Bertz CT molecular complexity index is 276. The molecule has 3 heteroatoms. The first kappa shape index (κ1) is 10.8. The van der Waals surface area contributed by atoms with Crippen LogP contribution in [0.5, 0.6) is 5.88 Å². The second kappa shape index (κ2) is 5.42. The monoisotopic (exact) mass is 291 g/mol. The first-order chi connectivity index (χ1) is 6.24. The van der Waals surface area contributed by atoms with E-state index in [1.807, 2.05) is 13.1 Å². The van der Waals surface area contributed by atoms with Gasteiger partial charge in [0.2, 0.25) is 5.88 Å². The maximum absolute atomic E-state index is 5.52. The van der Waals surface area contributed by atoms with Gasteiger partial charge >= 0.3 is 0 Å². The van der Waals surface area contributed by atoms with Crippen molar-refractivity contribution in [2.24, 2.45) is 0 Å². The molecule has 0 saturated heterocycles. The van der Waals surface area contributed by atoms with Gasteiger partial charge in [-0.1, -0.05) is 13.3 Å². The van der Waals surface area contributed by atoms with E-state index in [1.54, 1.807) is 0 Å². The van der Waals surface area contributed by atoms with Crippen molar-refractivity contribution in [1.82, 2.24) is 4.98 Å². The molecule has 0 aliphatic rings. The summed E-state index contributed by atoms with van der Waals surface area (Å²) in [6.45, 7) is 4.94. The number of unbranched alkanes of at least 4 members (excludes halogenated alkanes) is 1. The first-order valence-corrected chi connectivity index (χ1v) is 5.57. The minimum absolute atomic E-state index is 0.769. The molecule has 72 valence electrons. The third kappa shape index (κ3) is 3.50. The van der Waals surface area contributed by atoms with E-state index in [-0.39, 0.29) is 0 Å². The van der Waals surface area contributed by atoms with Crippen LogP contribution in [0.25, 0.3) is 0 Å². The standard InChI is InChI=1S/C10H14INO/c1-3-4-5-13-10-8(2)6-9(11)7-12-10/h6-7H,3-5H2,1-2H3. The average molecular weight is 291 g/mol. The molecular formula is C10H14INO. The zero-order chi connectivity index (χ0) is 9.68. The van der Waals surface area contributed by atoms with E-state index >= 15 is 0 Å². The summed E-state index contributed by atoms with van der Waals surface area (Å²) in [5.41, 5.74) is 1.11. The molecule has 0 spiro atoms. The van der Waals surface area contributed by atoms with Gasteiger partial charge in [-0.15, -0.1) is 0 Å². The molecule has 0 amide bonds. The summed E-state index contributed by atoms with van der Waals surface area (Å²) < 4.78 is 6.67. The van der Waals surface area contributed by atoms with Gasteiger partial charge in [-0.3, -0.25) is 0 Å². The molecule has 13 heavy (non-hydrogen) atoms. The van der Waals surface area contributed by atoms with E-state index in [2.05, 4.69) is 40.6 Å².